The van der Waals surface area contributed by atoms with E-state index < -0.39 is 0 Å². The average molecular weight is 426 g/mol. The summed E-state index contributed by atoms with van der Waals surface area (Å²) in [6.45, 7) is 1.96. The van der Waals surface area contributed by atoms with Crippen LogP contribution >= 0.6 is 0 Å². The predicted octanol–water partition coefficient (Wildman–Crippen LogP) is 4.69. The Kier molecular flexibility index (Phi) is 5.98. The van der Waals surface area contributed by atoms with E-state index in [4.69, 9.17) is 4.74 Å². The third kappa shape index (κ3) is 4.52. The highest BCUT2D eigenvalue weighted by molar-refractivity contribution is 6.12. The maximum Gasteiger partial charge on any atom is 0.257 e. The zero-order valence-corrected chi connectivity index (χ0v) is 17.7. The summed E-state index contributed by atoms with van der Waals surface area (Å²) in [5, 5.41) is 10.0. The van der Waals surface area contributed by atoms with Crippen LogP contribution in [0.1, 0.15) is 26.4 Å². The molecule has 7 heteroatoms. The van der Waals surface area contributed by atoms with Crippen molar-refractivity contribution >= 4 is 23.2 Å². The summed E-state index contributed by atoms with van der Waals surface area (Å²) in [5.41, 5.74) is 3.69. The number of hydrogen-bond donors (Lipinski definition) is 2. The van der Waals surface area contributed by atoms with E-state index in [0.29, 0.717) is 28.3 Å². The molecule has 4 aromatic rings. The zero-order chi connectivity index (χ0) is 22.5. The molecular weight excluding hydrogens is 404 g/mol. The zero-order valence-electron chi connectivity index (χ0n) is 17.7. The van der Waals surface area contributed by atoms with Crippen LogP contribution in [0.2, 0.25) is 0 Å². The van der Waals surface area contributed by atoms with Gasteiger partial charge in [-0.2, -0.15) is 5.10 Å². The number of aromatic nitrogens is 2. The van der Waals surface area contributed by atoms with Gasteiger partial charge in [-0.3, -0.25) is 9.59 Å². The summed E-state index contributed by atoms with van der Waals surface area (Å²) in [4.78, 5) is 25.7. The van der Waals surface area contributed by atoms with Crippen LogP contribution in [-0.2, 0) is 0 Å². The Morgan fingerprint density at radius 2 is 1.66 bits per heavy atom. The van der Waals surface area contributed by atoms with Gasteiger partial charge in [-0.25, -0.2) is 4.68 Å². The third-order valence-corrected chi connectivity index (χ3v) is 4.95. The van der Waals surface area contributed by atoms with Crippen LogP contribution in [0, 0.1) is 6.92 Å². The summed E-state index contributed by atoms with van der Waals surface area (Å²) in [6.07, 6.45) is 1.72. The molecule has 7 nitrogen and oxygen atoms in total. The summed E-state index contributed by atoms with van der Waals surface area (Å²) < 4.78 is 6.91. The van der Waals surface area contributed by atoms with Gasteiger partial charge in [0.2, 0.25) is 0 Å². The summed E-state index contributed by atoms with van der Waals surface area (Å²) in [6, 6.07) is 23.0. The van der Waals surface area contributed by atoms with Crippen molar-refractivity contribution in [3.8, 4) is 11.4 Å². The van der Waals surface area contributed by atoms with E-state index in [2.05, 4.69) is 15.7 Å². The number of rotatable bonds is 6. The van der Waals surface area contributed by atoms with Crippen molar-refractivity contribution in [2.45, 2.75) is 6.92 Å². The molecule has 0 aliphatic carbocycles. The molecule has 0 saturated heterocycles. The number of nitrogens with one attached hydrogen (secondary N) is 2. The number of para-hydroxylation sites is 1. The van der Waals surface area contributed by atoms with Crippen molar-refractivity contribution in [2.75, 3.05) is 17.7 Å². The molecule has 160 valence electrons. The molecule has 0 atom stereocenters. The maximum atomic E-state index is 13.0. The number of aryl methyl sites for hydroxylation is 1. The van der Waals surface area contributed by atoms with Crippen molar-refractivity contribution in [2.24, 2.45) is 0 Å². The van der Waals surface area contributed by atoms with Crippen molar-refractivity contribution in [1.82, 2.24) is 9.78 Å². The molecular formula is C25H22N4O3. The molecule has 1 heterocycles. The lowest BCUT2D eigenvalue weighted by Crippen LogP contribution is -2.18. The van der Waals surface area contributed by atoms with Crippen molar-refractivity contribution in [3.05, 3.63) is 102 Å². The first kappa shape index (κ1) is 20.9. The molecule has 0 radical (unpaired) electrons. The topological polar surface area (TPSA) is 85.2 Å². The highest BCUT2D eigenvalue weighted by Gasteiger charge is 2.15. The molecule has 2 amide bonds. The average Bonchev–Trinajstić information content (AvgIpc) is 3.25. The van der Waals surface area contributed by atoms with Gasteiger partial charge in [0.1, 0.15) is 5.75 Å². The van der Waals surface area contributed by atoms with E-state index in [1.54, 1.807) is 72.6 Å². The molecule has 0 spiro atoms. The van der Waals surface area contributed by atoms with E-state index in [1.165, 1.54) is 0 Å². The van der Waals surface area contributed by atoms with Gasteiger partial charge in [-0.15, -0.1) is 0 Å². The van der Waals surface area contributed by atoms with E-state index in [-0.39, 0.29) is 11.8 Å². The van der Waals surface area contributed by atoms with Crippen LogP contribution in [0.25, 0.3) is 5.69 Å². The number of hydrogen-bond acceptors (Lipinski definition) is 4. The fourth-order valence-corrected chi connectivity index (χ4v) is 3.28. The SMILES string of the molecule is COc1ccc(C(=O)Nc2ccccc2C(=O)Nc2cccc(-n3nccc3C)c2)cc1. The number of amides is 2. The fraction of sp³-hybridized carbons (Fsp3) is 0.0800. The standard InChI is InChI=1S/C25H22N4O3/c1-17-14-15-26-29(17)20-7-5-6-19(16-20)27-25(31)22-8-3-4-9-23(22)28-24(30)18-10-12-21(32-2)13-11-18/h3-16H,1-2H3,(H,27,31)(H,28,30). The molecule has 0 saturated carbocycles. The van der Waals surface area contributed by atoms with Gasteiger partial charge >= 0.3 is 0 Å². The molecule has 0 unspecified atom stereocenters. The minimum absolute atomic E-state index is 0.316. The van der Waals surface area contributed by atoms with E-state index in [0.717, 1.165) is 11.4 Å². The van der Waals surface area contributed by atoms with Gasteiger partial charge in [-0.05, 0) is 67.6 Å². The van der Waals surface area contributed by atoms with Gasteiger partial charge in [-0.1, -0.05) is 18.2 Å². The molecule has 0 aliphatic heterocycles. The lowest BCUT2D eigenvalue weighted by molar-refractivity contribution is 0.102. The molecule has 0 fully saturated rings. The van der Waals surface area contributed by atoms with Gasteiger partial charge in [0.25, 0.3) is 11.8 Å². The molecule has 1 aromatic heterocycles. The second kappa shape index (κ2) is 9.18. The first-order chi connectivity index (χ1) is 15.5. The van der Waals surface area contributed by atoms with Crippen molar-refractivity contribution in [1.29, 1.82) is 0 Å². The number of ether oxygens (including phenoxy) is 1. The number of benzene rings is 3. The van der Waals surface area contributed by atoms with Gasteiger partial charge in [0, 0.05) is 23.1 Å². The highest BCUT2D eigenvalue weighted by atomic mass is 16.5. The fourth-order valence-electron chi connectivity index (χ4n) is 3.28. The summed E-state index contributed by atoms with van der Waals surface area (Å²) in [5.74, 6) is 0.0166. The predicted molar refractivity (Wildman–Crippen MR) is 124 cm³/mol. The second-order valence-electron chi connectivity index (χ2n) is 7.12. The Morgan fingerprint density at radius 1 is 0.875 bits per heavy atom. The van der Waals surface area contributed by atoms with E-state index in [9.17, 15) is 9.59 Å². The largest absolute Gasteiger partial charge is 0.497 e. The van der Waals surface area contributed by atoms with Crippen molar-refractivity contribution in [3.63, 3.8) is 0 Å². The van der Waals surface area contributed by atoms with Crippen LogP contribution < -0.4 is 15.4 Å². The number of anilines is 2. The number of carbonyl (C=O) groups is 2. The molecule has 32 heavy (non-hydrogen) atoms. The Morgan fingerprint density at radius 3 is 2.38 bits per heavy atom. The summed E-state index contributed by atoms with van der Waals surface area (Å²) in [7, 11) is 1.57. The van der Waals surface area contributed by atoms with Crippen LogP contribution in [0.15, 0.2) is 85.1 Å². The molecule has 0 aliphatic rings. The second-order valence-corrected chi connectivity index (χ2v) is 7.12. The monoisotopic (exact) mass is 426 g/mol. The van der Waals surface area contributed by atoms with Crippen molar-refractivity contribution < 1.29 is 14.3 Å². The minimum atomic E-state index is -0.329. The minimum Gasteiger partial charge on any atom is -0.497 e. The van der Waals surface area contributed by atoms with Crippen LogP contribution in [0.5, 0.6) is 5.75 Å². The first-order valence-electron chi connectivity index (χ1n) is 10.0. The van der Waals surface area contributed by atoms with Gasteiger partial charge < -0.3 is 15.4 Å². The Bertz CT molecular complexity index is 1260. The lowest BCUT2D eigenvalue weighted by Gasteiger charge is -2.13. The van der Waals surface area contributed by atoms with Gasteiger partial charge in [0.05, 0.1) is 24.0 Å². The molecule has 0 bridgehead atoms. The van der Waals surface area contributed by atoms with E-state index in [1.807, 2.05) is 31.2 Å². The molecule has 3 aromatic carbocycles. The number of carbonyl (C=O) groups excluding carboxylic acids is 2. The Balaban J connectivity index is 1.53. The van der Waals surface area contributed by atoms with Gasteiger partial charge in [0.15, 0.2) is 0 Å². The molecule has 2 N–H and O–H groups in total. The Hall–Kier alpha value is -4.39. The van der Waals surface area contributed by atoms with E-state index >= 15 is 0 Å². The maximum absolute atomic E-state index is 13.0. The number of methoxy groups -OCH3 is 1. The van der Waals surface area contributed by atoms with Crippen LogP contribution in [-0.4, -0.2) is 28.7 Å². The smallest absolute Gasteiger partial charge is 0.257 e. The first-order valence-corrected chi connectivity index (χ1v) is 10.0. The Labute approximate surface area is 185 Å². The third-order valence-electron chi connectivity index (χ3n) is 4.95. The quantitative estimate of drug-likeness (QED) is 0.468. The van der Waals surface area contributed by atoms with Crippen LogP contribution in [0.4, 0.5) is 11.4 Å². The number of nitrogens with zero attached hydrogens (tertiary/aromatic N) is 2. The molecule has 4 rings (SSSR count). The lowest BCUT2D eigenvalue weighted by atomic mass is 10.1. The van der Waals surface area contributed by atoms with Crippen LogP contribution in [0.3, 0.4) is 0 Å². The normalized spacial score (nSPS) is 10.4. The highest BCUT2D eigenvalue weighted by Crippen LogP contribution is 2.21. The summed E-state index contributed by atoms with van der Waals surface area (Å²) >= 11 is 0.